The second-order valence-electron chi connectivity index (χ2n) is 7.00. The maximum Gasteiger partial charge on any atom is 0.241 e. The minimum atomic E-state index is 0.192. The van der Waals surface area contributed by atoms with Gasteiger partial charge in [0.05, 0.1) is 6.54 Å². The number of benzene rings is 2. The number of rotatable bonds is 3. The molecule has 2 aromatic rings. The van der Waals surface area contributed by atoms with Gasteiger partial charge in [-0.3, -0.25) is 9.69 Å². The van der Waals surface area contributed by atoms with Gasteiger partial charge in [0.15, 0.2) is 0 Å². The number of anilines is 1. The van der Waals surface area contributed by atoms with Crippen LogP contribution >= 0.6 is 0 Å². The quantitative estimate of drug-likeness (QED) is 0.933. The molecule has 0 bridgehead atoms. The number of nitrogens with zero attached hydrogens (tertiary/aromatic N) is 2. The molecule has 25 heavy (non-hydrogen) atoms. The minimum Gasteiger partial charge on any atom is -0.508 e. The molecule has 0 unspecified atom stereocenters. The zero-order valence-electron chi connectivity index (χ0n) is 14.4. The van der Waals surface area contributed by atoms with Gasteiger partial charge in [0, 0.05) is 18.3 Å². The molecule has 0 saturated carbocycles. The van der Waals surface area contributed by atoms with Gasteiger partial charge in [-0.2, -0.15) is 0 Å². The molecule has 0 radical (unpaired) electrons. The van der Waals surface area contributed by atoms with Gasteiger partial charge in [0.2, 0.25) is 5.91 Å². The maximum absolute atomic E-state index is 13.0. The molecule has 2 aromatic carbocycles. The minimum absolute atomic E-state index is 0.192. The van der Waals surface area contributed by atoms with Crippen LogP contribution < -0.4 is 4.90 Å². The van der Waals surface area contributed by atoms with Crippen LogP contribution in [0.2, 0.25) is 0 Å². The first-order chi connectivity index (χ1) is 12.2. The SMILES string of the molecule is O=C(CN1CCC[C@H]1c1ccc(O)cc1)N1CCCc2ccccc21. The zero-order valence-corrected chi connectivity index (χ0v) is 14.4. The highest BCUT2D eigenvalue weighted by Crippen LogP contribution is 2.33. The number of aryl methyl sites for hydroxylation is 1. The normalized spacial score (nSPS) is 20.5. The Kier molecular flexibility index (Phi) is 4.45. The van der Waals surface area contributed by atoms with Crippen molar-refractivity contribution in [2.75, 3.05) is 24.5 Å². The van der Waals surface area contributed by atoms with Crippen LogP contribution in [0.3, 0.4) is 0 Å². The third kappa shape index (κ3) is 3.27. The number of carbonyl (C=O) groups is 1. The van der Waals surface area contributed by atoms with Crippen molar-refractivity contribution in [2.24, 2.45) is 0 Å². The molecule has 4 nitrogen and oxygen atoms in total. The Hall–Kier alpha value is -2.33. The smallest absolute Gasteiger partial charge is 0.241 e. The molecule has 130 valence electrons. The molecular formula is C21H24N2O2. The molecule has 2 heterocycles. The molecule has 1 saturated heterocycles. The Bertz CT molecular complexity index is 757. The first-order valence-corrected chi connectivity index (χ1v) is 9.13. The summed E-state index contributed by atoms with van der Waals surface area (Å²) in [5, 5.41) is 9.50. The van der Waals surface area contributed by atoms with Crippen LogP contribution in [-0.2, 0) is 11.2 Å². The Morgan fingerprint density at radius 1 is 1.04 bits per heavy atom. The van der Waals surface area contributed by atoms with Gasteiger partial charge < -0.3 is 10.0 Å². The highest BCUT2D eigenvalue weighted by molar-refractivity contribution is 5.96. The van der Waals surface area contributed by atoms with Crippen molar-refractivity contribution >= 4 is 11.6 Å². The highest BCUT2D eigenvalue weighted by Gasteiger charge is 2.30. The lowest BCUT2D eigenvalue weighted by Gasteiger charge is -2.32. The van der Waals surface area contributed by atoms with Crippen molar-refractivity contribution in [1.82, 2.24) is 4.90 Å². The van der Waals surface area contributed by atoms with Crippen LogP contribution in [0, 0.1) is 0 Å². The van der Waals surface area contributed by atoms with Gasteiger partial charge >= 0.3 is 0 Å². The Balaban J connectivity index is 1.50. The molecule has 1 amide bonds. The van der Waals surface area contributed by atoms with E-state index in [2.05, 4.69) is 17.0 Å². The molecule has 4 rings (SSSR count). The summed E-state index contributed by atoms with van der Waals surface area (Å²) in [6, 6.07) is 15.9. The van der Waals surface area contributed by atoms with Gasteiger partial charge in [-0.05, 0) is 61.6 Å². The predicted octanol–water partition coefficient (Wildman–Crippen LogP) is 3.51. The largest absolute Gasteiger partial charge is 0.508 e. The first kappa shape index (κ1) is 16.2. The fraction of sp³-hybridized carbons (Fsp3) is 0.381. The van der Waals surface area contributed by atoms with Gasteiger partial charge in [0.25, 0.3) is 0 Å². The predicted molar refractivity (Wildman–Crippen MR) is 98.8 cm³/mol. The third-order valence-corrected chi connectivity index (χ3v) is 5.39. The Morgan fingerprint density at radius 3 is 2.68 bits per heavy atom. The standard InChI is InChI=1S/C21H24N2O2/c24-18-11-9-17(10-12-18)19-8-4-13-22(19)15-21(25)23-14-3-6-16-5-1-2-7-20(16)23/h1-2,5,7,9-12,19,24H,3-4,6,8,13-15H2/t19-/m0/s1. The number of phenolic OH excluding ortho intramolecular Hbond substituents is 1. The second kappa shape index (κ2) is 6.89. The molecule has 1 fully saturated rings. The van der Waals surface area contributed by atoms with Crippen LogP contribution in [0.25, 0.3) is 0 Å². The summed E-state index contributed by atoms with van der Waals surface area (Å²) in [6.07, 6.45) is 4.26. The number of hydrogen-bond acceptors (Lipinski definition) is 3. The van der Waals surface area contributed by atoms with E-state index in [9.17, 15) is 9.90 Å². The van der Waals surface area contributed by atoms with E-state index in [4.69, 9.17) is 0 Å². The lowest BCUT2D eigenvalue weighted by atomic mass is 10.0. The summed E-state index contributed by atoms with van der Waals surface area (Å²) in [7, 11) is 0. The van der Waals surface area contributed by atoms with Crippen molar-refractivity contribution in [3.05, 3.63) is 59.7 Å². The summed E-state index contributed by atoms with van der Waals surface area (Å²) < 4.78 is 0. The first-order valence-electron chi connectivity index (χ1n) is 9.13. The number of amides is 1. The molecule has 1 N–H and O–H groups in total. The molecule has 0 aromatic heterocycles. The van der Waals surface area contributed by atoms with E-state index in [0.717, 1.165) is 44.5 Å². The number of aromatic hydroxyl groups is 1. The number of hydrogen-bond donors (Lipinski definition) is 1. The Labute approximate surface area is 148 Å². The monoisotopic (exact) mass is 336 g/mol. The number of phenols is 1. The average Bonchev–Trinajstić information content (AvgIpc) is 3.10. The second-order valence-corrected chi connectivity index (χ2v) is 7.00. The van der Waals surface area contributed by atoms with E-state index in [1.165, 1.54) is 11.1 Å². The lowest BCUT2D eigenvalue weighted by molar-refractivity contribution is -0.120. The van der Waals surface area contributed by atoms with Gasteiger partial charge in [-0.15, -0.1) is 0 Å². The van der Waals surface area contributed by atoms with Crippen molar-refractivity contribution in [3.63, 3.8) is 0 Å². The maximum atomic E-state index is 13.0. The van der Waals surface area contributed by atoms with E-state index in [-0.39, 0.29) is 17.7 Å². The number of likely N-dealkylation sites (tertiary alicyclic amines) is 1. The van der Waals surface area contributed by atoms with E-state index in [0.29, 0.717) is 6.54 Å². The van der Waals surface area contributed by atoms with Crippen LogP contribution in [0.5, 0.6) is 5.75 Å². The molecule has 2 aliphatic heterocycles. The van der Waals surface area contributed by atoms with E-state index < -0.39 is 0 Å². The van der Waals surface area contributed by atoms with Crippen LogP contribution in [0.4, 0.5) is 5.69 Å². The van der Waals surface area contributed by atoms with Gasteiger partial charge in [0.1, 0.15) is 5.75 Å². The van der Waals surface area contributed by atoms with Crippen LogP contribution in [0.15, 0.2) is 48.5 Å². The molecule has 4 heteroatoms. The Morgan fingerprint density at radius 2 is 1.84 bits per heavy atom. The average molecular weight is 336 g/mol. The summed E-state index contributed by atoms with van der Waals surface area (Å²) >= 11 is 0. The molecule has 1 atom stereocenters. The van der Waals surface area contributed by atoms with Gasteiger partial charge in [-0.25, -0.2) is 0 Å². The van der Waals surface area contributed by atoms with E-state index in [1.54, 1.807) is 12.1 Å². The van der Waals surface area contributed by atoms with Crippen molar-refractivity contribution in [3.8, 4) is 5.75 Å². The third-order valence-electron chi connectivity index (χ3n) is 5.39. The fourth-order valence-electron chi connectivity index (χ4n) is 4.14. The van der Waals surface area contributed by atoms with Crippen molar-refractivity contribution < 1.29 is 9.90 Å². The molecule has 2 aliphatic rings. The number of para-hydroxylation sites is 1. The topological polar surface area (TPSA) is 43.8 Å². The lowest BCUT2D eigenvalue weighted by Crippen LogP contribution is -2.42. The highest BCUT2D eigenvalue weighted by atomic mass is 16.3. The molecule has 0 aliphatic carbocycles. The fourth-order valence-corrected chi connectivity index (χ4v) is 4.14. The van der Waals surface area contributed by atoms with Gasteiger partial charge in [-0.1, -0.05) is 30.3 Å². The summed E-state index contributed by atoms with van der Waals surface area (Å²) in [5.41, 5.74) is 3.54. The summed E-state index contributed by atoms with van der Waals surface area (Å²) in [5.74, 6) is 0.479. The van der Waals surface area contributed by atoms with E-state index in [1.807, 2.05) is 29.2 Å². The summed E-state index contributed by atoms with van der Waals surface area (Å²) in [4.78, 5) is 17.2. The zero-order chi connectivity index (χ0) is 17.2. The summed E-state index contributed by atoms with van der Waals surface area (Å²) in [6.45, 7) is 2.22. The van der Waals surface area contributed by atoms with E-state index >= 15 is 0 Å². The van der Waals surface area contributed by atoms with Crippen molar-refractivity contribution in [2.45, 2.75) is 31.7 Å². The van der Waals surface area contributed by atoms with Crippen molar-refractivity contribution in [1.29, 1.82) is 0 Å². The number of carbonyl (C=O) groups excluding carboxylic acids is 1. The van der Waals surface area contributed by atoms with Crippen LogP contribution in [-0.4, -0.2) is 35.5 Å². The molecule has 0 spiro atoms. The number of fused-ring (bicyclic) bond motifs is 1. The van der Waals surface area contributed by atoms with Crippen LogP contribution in [0.1, 0.15) is 36.4 Å². The molecular weight excluding hydrogens is 312 g/mol.